The topological polar surface area (TPSA) is 78.8 Å². The fourth-order valence-corrected chi connectivity index (χ4v) is 2.03. The molecule has 0 fully saturated rings. The number of hydrogen-bond acceptors (Lipinski definition) is 4. The molecule has 0 atom stereocenters. The Morgan fingerprint density at radius 3 is 2.70 bits per heavy atom. The lowest BCUT2D eigenvalue weighted by Gasteiger charge is -2.13. The van der Waals surface area contributed by atoms with E-state index in [0.717, 1.165) is 10.8 Å². The first-order valence-corrected chi connectivity index (χ1v) is 6.42. The molecule has 0 radical (unpaired) electrons. The summed E-state index contributed by atoms with van der Waals surface area (Å²) in [5, 5.41) is 21.8. The predicted octanol–water partition coefficient (Wildman–Crippen LogP) is 0.980. The molecule has 0 heterocycles. The Balaban J connectivity index is 2.46. The van der Waals surface area contributed by atoms with Crippen LogP contribution in [0.5, 0.6) is 5.75 Å². The molecule has 0 saturated carbocycles. The van der Waals surface area contributed by atoms with Crippen molar-refractivity contribution in [3.05, 3.63) is 42.0 Å². The minimum Gasteiger partial charge on any atom is -0.493 e. The third-order valence-electron chi connectivity index (χ3n) is 2.86. The summed E-state index contributed by atoms with van der Waals surface area (Å²) in [6.07, 6.45) is -0.229. The molecule has 0 aliphatic carbocycles. The van der Waals surface area contributed by atoms with Gasteiger partial charge < -0.3 is 20.1 Å². The Kier molecular flexibility index (Phi) is 4.60. The van der Waals surface area contributed by atoms with Crippen molar-refractivity contribution in [3.8, 4) is 5.75 Å². The number of nitrogens with one attached hydrogen (secondary N) is 1. The number of carbonyl (C=O) groups excluding carboxylic acids is 1. The van der Waals surface area contributed by atoms with Gasteiger partial charge in [-0.3, -0.25) is 4.79 Å². The van der Waals surface area contributed by atoms with E-state index < -0.39 is 13.0 Å². The minimum atomic E-state index is -1.58. The molecule has 0 bridgehead atoms. The van der Waals surface area contributed by atoms with E-state index in [9.17, 15) is 4.79 Å². The van der Waals surface area contributed by atoms with Gasteiger partial charge in [0.15, 0.2) is 0 Å². The van der Waals surface area contributed by atoms with Gasteiger partial charge in [-0.25, -0.2) is 0 Å². The molecule has 1 amide bonds. The second-order valence-corrected chi connectivity index (χ2v) is 4.28. The van der Waals surface area contributed by atoms with Crippen LogP contribution < -0.4 is 10.1 Å². The fraction of sp³-hybridized carbons (Fsp3) is 0.214. The van der Waals surface area contributed by atoms with Crippen LogP contribution >= 0.6 is 0 Å². The highest BCUT2D eigenvalue weighted by atomic mass is 16.5. The highest BCUT2D eigenvalue weighted by Gasteiger charge is 2.18. The molecule has 2 aromatic carbocycles. The standard InChI is InChI=1S/C14H16BNO4/c1-2-20-12-8-7-10-5-3-4-6-11(10)13(12)14(17)16-9-15(18)19/h3-8,18-19H,2,9H2,1H3,(H,16,17). The average Bonchev–Trinajstić information content (AvgIpc) is 2.45. The van der Waals surface area contributed by atoms with Gasteiger partial charge in [-0.05, 0) is 23.8 Å². The van der Waals surface area contributed by atoms with E-state index in [2.05, 4.69) is 5.32 Å². The number of amides is 1. The van der Waals surface area contributed by atoms with Crippen molar-refractivity contribution in [1.29, 1.82) is 0 Å². The van der Waals surface area contributed by atoms with Gasteiger partial charge in [0.25, 0.3) is 5.91 Å². The number of benzene rings is 2. The Morgan fingerprint density at radius 1 is 1.25 bits per heavy atom. The second-order valence-electron chi connectivity index (χ2n) is 4.28. The zero-order valence-electron chi connectivity index (χ0n) is 11.2. The summed E-state index contributed by atoms with van der Waals surface area (Å²) in [7, 11) is -1.58. The van der Waals surface area contributed by atoms with E-state index >= 15 is 0 Å². The Morgan fingerprint density at radius 2 is 2.00 bits per heavy atom. The largest absolute Gasteiger partial charge is 0.493 e. The van der Waals surface area contributed by atoms with Gasteiger partial charge >= 0.3 is 7.12 Å². The molecule has 6 heteroatoms. The van der Waals surface area contributed by atoms with Gasteiger partial charge in [0.1, 0.15) is 5.75 Å². The van der Waals surface area contributed by atoms with E-state index in [1.165, 1.54) is 0 Å². The molecular weight excluding hydrogens is 257 g/mol. The van der Waals surface area contributed by atoms with Crippen molar-refractivity contribution in [1.82, 2.24) is 5.32 Å². The highest BCUT2D eigenvalue weighted by molar-refractivity contribution is 6.41. The van der Waals surface area contributed by atoms with Crippen LogP contribution in [0.4, 0.5) is 0 Å². The minimum absolute atomic E-state index is 0.229. The molecular formula is C14H16BNO4. The lowest BCUT2D eigenvalue weighted by atomic mass is 9.92. The summed E-state index contributed by atoms with van der Waals surface area (Å²) in [6.45, 7) is 2.29. The zero-order chi connectivity index (χ0) is 14.5. The van der Waals surface area contributed by atoms with Crippen LogP contribution in [0.25, 0.3) is 10.8 Å². The third-order valence-corrected chi connectivity index (χ3v) is 2.86. The maximum absolute atomic E-state index is 12.2. The van der Waals surface area contributed by atoms with Gasteiger partial charge in [0.05, 0.1) is 18.6 Å². The van der Waals surface area contributed by atoms with Crippen LogP contribution in [0.1, 0.15) is 17.3 Å². The first-order valence-electron chi connectivity index (χ1n) is 6.42. The number of carbonyl (C=O) groups is 1. The van der Waals surface area contributed by atoms with Crippen LogP contribution in [0, 0.1) is 0 Å². The van der Waals surface area contributed by atoms with Gasteiger partial charge in [-0.15, -0.1) is 0 Å². The van der Waals surface area contributed by atoms with E-state index in [0.29, 0.717) is 17.9 Å². The van der Waals surface area contributed by atoms with Crippen LogP contribution in [0.15, 0.2) is 36.4 Å². The van der Waals surface area contributed by atoms with Gasteiger partial charge in [-0.2, -0.15) is 0 Å². The van der Waals surface area contributed by atoms with Crippen molar-refractivity contribution in [2.45, 2.75) is 6.92 Å². The molecule has 2 aromatic rings. The lowest BCUT2D eigenvalue weighted by molar-refractivity contribution is 0.0954. The molecule has 0 spiro atoms. The first-order chi connectivity index (χ1) is 9.63. The molecule has 2 rings (SSSR count). The molecule has 0 unspecified atom stereocenters. The summed E-state index contributed by atoms with van der Waals surface area (Å²) in [6, 6.07) is 11.1. The second kappa shape index (κ2) is 6.41. The molecule has 20 heavy (non-hydrogen) atoms. The smallest absolute Gasteiger partial charge is 0.472 e. The number of hydrogen-bond donors (Lipinski definition) is 3. The number of rotatable bonds is 5. The van der Waals surface area contributed by atoms with Crippen molar-refractivity contribution >= 4 is 23.8 Å². The SMILES string of the molecule is CCOc1ccc2ccccc2c1C(=O)NCB(O)O. The Bertz CT molecular complexity index is 615. The van der Waals surface area contributed by atoms with Crippen LogP contribution in [-0.4, -0.2) is 36.1 Å². The van der Waals surface area contributed by atoms with Crippen molar-refractivity contribution in [2.75, 3.05) is 13.1 Å². The number of ether oxygens (including phenoxy) is 1. The maximum atomic E-state index is 12.2. The lowest BCUT2D eigenvalue weighted by Crippen LogP contribution is -2.35. The zero-order valence-corrected chi connectivity index (χ0v) is 11.2. The summed E-state index contributed by atoms with van der Waals surface area (Å²) in [5.41, 5.74) is 0.408. The van der Waals surface area contributed by atoms with Crippen LogP contribution in [-0.2, 0) is 0 Å². The Labute approximate surface area is 117 Å². The quantitative estimate of drug-likeness (QED) is 0.709. The number of fused-ring (bicyclic) bond motifs is 1. The highest BCUT2D eigenvalue weighted by Crippen LogP contribution is 2.28. The Hall–Kier alpha value is -2.05. The average molecular weight is 273 g/mol. The normalized spacial score (nSPS) is 10.3. The van der Waals surface area contributed by atoms with Crippen LogP contribution in [0.3, 0.4) is 0 Å². The summed E-state index contributed by atoms with van der Waals surface area (Å²) >= 11 is 0. The fourth-order valence-electron chi connectivity index (χ4n) is 2.03. The van der Waals surface area contributed by atoms with Crippen molar-refractivity contribution in [2.24, 2.45) is 0 Å². The van der Waals surface area contributed by atoms with E-state index in [1.807, 2.05) is 37.3 Å². The van der Waals surface area contributed by atoms with Crippen molar-refractivity contribution in [3.63, 3.8) is 0 Å². The third kappa shape index (κ3) is 3.09. The molecule has 104 valence electrons. The molecule has 0 saturated heterocycles. The van der Waals surface area contributed by atoms with Gasteiger partial charge in [-0.1, -0.05) is 30.3 Å². The monoisotopic (exact) mass is 273 g/mol. The molecule has 0 aliphatic rings. The van der Waals surface area contributed by atoms with Crippen molar-refractivity contribution < 1.29 is 19.6 Å². The molecule has 0 aromatic heterocycles. The van der Waals surface area contributed by atoms with E-state index in [-0.39, 0.29) is 6.44 Å². The summed E-state index contributed by atoms with van der Waals surface area (Å²) in [4.78, 5) is 12.2. The predicted molar refractivity (Wildman–Crippen MR) is 77.6 cm³/mol. The summed E-state index contributed by atoms with van der Waals surface area (Å²) in [5.74, 6) is 0.0921. The van der Waals surface area contributed by atoms with Gasteiger partial charge in [0, 0.05) is 0 Å². The summed E-state index contributed by atoms with van der Waals surface area (Å²) < 4.78 is 5.49. The first kappa shape index (κ1) is 14.4. The maximum Gasteiger partial charge on any atom is 0.472 e. The van der Waals surface area contributed by atoms with Crippen LogP contribution in [0.2, 0.25) is 0 Å². The van der Waals surface area contributed by atoms with E-state index in [1.54, 1.807) is 6.07 Å². The molecule has 0 aliphatic heterocycles. The van der Waals surface area contributed by atoms with Gasteiger partial charge in [0.2, 0.25) is 0 Å². The van der Waals surface area contributed by atoms with E-state index in [4.69, 9.17) is 14.8 Å². The molecule has 3 N–H and O–H groups in total. The molecule has 5 nitrogen and oxygen atoms in total.